The van der Waals surface area contributed by atoms with E-state index in [4.69, 9.17) is 9.47 Å². The number of hydrogen-bond acceptors (Lipinski definition) is 7. The molecule has 0 aliphatic carbocycles. The van der Waals surface area contributed by atoms with Crippen LogP contribution in [-0.4, -0.2) is 53.6 Å². The Morgan fingerprint density at radius 1 is 1.32 bits per heavy atom. The predicted octanol–water partition coefficient (Wildman–Crippen LogP) is 1.48. The van der Waals surface area contributed by atoms with Crippen molar-refractivity contribution < 1.29 is 19.2 Å². The molecule has 1 fully saturated rings. The molecule has 3 heterocycles. The van der Waals surface area contributed by atoms with Crippen molar-refractivity contribution in [3.8, 4) is 11.5 Å². The number of fused-ring (bicyclic) bond motifs is 1. The molecule has 1 saturated heterocycles. The number of carbonyl (C=O) groups is 1. The highest BCUT2D eigenvalue weighted by Gasteiger charge is 2.30. The first-order valence-corrected chi connectivity index (χ1v) is 9.10. The van der Waals surface area contributed by atoms with Gasteiger partial charge in [0.1, 0.15) is 13.2 Å². The van der Waals surface area contributed by atoms with Crippen molar-refractivity contribution in [1.29, 1.82) is 0 Å². The lowest BCUT2D eigenvalue weighted by atomic mass is 10.0. The van der Waals surface area contributed by atoms with Crippen LogP contribution in [0.5, 0.6) is 11.5 Å². The quantitative estimate of drug-likeness (QED) is 0.628. The van der Waals surface area contributed by atoms with Gasteiger partial charge in [0.2, 0.25) is 5.91 Å². The smallest absolute Gasteiger partial charge is 0.277 e. The van der Waals surface area contributed by atoms with Crippen LogP contribution in [0, 0.1) is 10.1 Å². The third kappa shape index (κ3) is 3.61. The molecule has 0 spiro atoms. The van der Waals surface area contributed by atoms with E-state index in [0.717, 1.165) is 5.56 Å². The summed E-state index contributed by atoms with van der Waals surface area (Å²) in [6.45, 7) is 2.53. The van der Waals surface area contributed by atoms with Gasteiger partial charge in [-0.2, -0.15) is 0 Å². The number of carbonyl (C=O) groups excluding carboxylic acids is 1. The number of ether oxygens (including phenoxy) is 2. The van der Waals surface area contributed by atoms with Crippen molar-refractivity contribution in [3.05, 3.63) is 57.9 Å². The molecule has 2 aromatic rings. The monoisotopic (exact) mass is 384 g/mol. The van der Waals surface area contributed by atoms with Gasteiger partial charge >= 0.3 is 0 Å². The number of hydrogen-bond donors (Lipinski definition) is 1. The Morgan fingerprint density at radius 3 is 2.82 bits per heavy atom. The van der Waals surface area contributed by atoms with Crippen LogP contribution < -0.4 is 14.8 Å². The Labute approximate surface area is 161 Å². The summed E-state index contributed by atoms with van der Waals surface area (Å²) in [5.41, 5.74) is 1.12. The lowest BCUT2D eigenvalue weighted by molar-refractivity contribution is -0.385. The minimum atomic E-state index is -0.489. The lowest BCUT2D eigenvalue weighted by Crippen LogP contribution is -2.49. The molecule has 1 atom stereocenters. The van der Waals surface area contributed by atoms with Crippen LogP contribution in [-0.2, 0) is 11.2 Å². The zero-order valence-electron chi connectivity index (χ0n) is 15.2. The van der Waals surface area contributed by atoms with E-state index >= 15 is 0 Å². The Bertz CT molecular complexity index is 889. The normalized spacial score (nSPS) is 18.6. The summed E-state index contributed by atoms with van der Waals surface area (Å²) < 4.78 is 11.0. The van der Waals surface area contributed by atoms with E-state index < -0.39 is 4.92 Å². The zero-order valence-corrected chi connectivity index (χ0v) is 15.2. The number of rotatable bonds is 4. The fourth-order valence-electron chi connectivity index (χ4n) is 3.57. The third-order valence-electron chi connectivity index (χ3n) is 4.91. The SMILES string of the molecule is O=C(Cc1cc2c(cc1[N+](=O)[O-])OCCO2)N1CCNCC1c1cccnc1. The van der Waals surface area contributed by atoms with Crippen LogP contribution in [0.25, 0.3) is 0 Å². The number of nitro groups is 1. The summed E-state index contributed by atoms with van der Waals surface area (Å²) >= 11 is 0. The number of amides is 1. The molecule has 0 bridgehead atoms. The molecule has 0 saturated carbocycles. The topological polar surface area (TPSA) is 107 Å². The van der Waals surface area contributed by atoms with Crippen LogP contribution in [0.15, 0.2) is 36.7 Å². The molecule has 0 radical (unpaired) electrons. The van der Waals surface area contributed by atoms with Crippen LogP contribution in [0.3, 0.4) is 0 Å². The molecule has 28 heavy (non-hydrogen) atoms. The number of pyridine rings is 1. The Kier molecular flexibility index (Phi) is 5.07. The molecule has 2 aliphatic rings. The number of nitrogens with zero attached hydrogens (tertiary/aromatic N) is 3. The van der Waals surface area contributed by atoms with Gasteiger partial charge in [-0.3, -0.25) is 19.9 Å². The Hall–Kier alpha value is -3.20. The molecule has 1 unspecified atom stereocenters. The Balaban J connectivity index is 1.61. The number of nitro benzene ring substituents is 1. The van der Waals surface area contributed by atoms with Crippen molar-refractivity contribution in [1.82, 2.24) is 15.2 Å². The second kappa shape index (κ2) is 7.81. The third-order valence-corrected chi connectivity index (χ3v) is 4.91. The first-order valence-electron chi connectivity index (χ1n) is 9.10. The second-order valence-corrected chi connectivity index (χ2v) is 6.65. The second-order valence-electron chi connectivity index (χ2n) is 6.65. The van der Waals surface area contributed by atoms with Gasteiger partial charge in [-0.1, -0.05) is 6.07 Å². The maximum atomic E-state index is 13.1. The van der Waals surface area contributed by atoms with E-state index in [2.05, 4.69) is 10.3 Å². The molecule has 1 aromatic carbocycles. The van der Waals surface area contributed by atoms with Crippen LogP contribution in [0.1, 0.15) is 17.2 Å². The highest BCUT2D eigenvalue weighted by atomic mass is 16.6. The minimum Gasteiger partial charge on any atom is -0.486 e. The molecular weight excluding hydrogens is 364 g/mol. The highest BCUT2D eigenvalue weighted by molar-refractivity contribution is 5.81. The molecule has 1 N–H and O–H groups in total. The van der Waals surface area contributed by atoms with Crippen molar-refractivity contribution in [3.63, 3.8) is 0 Å². The summed E-state index contributed by atoms with van der Waals surface area (Å²) in [4.78, 5) is 30.0. The van der Waals surface area contributed by atoms with E-state index in [1.807, 2.05) is 12.1 Å². The van der Waals surface area contributed by atoms with Gasteiger partial charge < -0.3 is 19.7 Å². The summed E-state index contributed by atoms with van der Waals surface area (Å²) in [6.07, 6.45) is 3.35. The van der Waals surface area contributed by atoms with E-state index in [-0.39, 0.29) is 24.1 Å². The number of aromatic nitrogens is 1. The standard InChI is InChI=1S/C19H20N4O5/c24-19(22-5-4-21-12-16(22)13-2-1-3-20-11-13)9-14-8-17-18(28-7-6-27-17)10-15(14)23(25)26/h1-3,8,10-11,16,21H,4-7,9,12H2. The summed E-state index contributed by atoms with van der Waals surface area (Å²) in [7, 11) is 0. The molecule has 9 heteroatoms. The van der Waals surface area contributed by atoms with Crippen molar-refractivity contribution >= 4 is 11.6 Å². The van der Waals surface area contributed by atoms with Gasteiger partial charge in [0.25, 0.3) is 5.69 Å². The van der Waals surface area contributed by atoms with E-state index in [9.17, 15) is 14.9 Å². The van der Waals surface area contributed by atoms with E-state index in [0.29, 0.717) is 49.9 Å². The Morgan fingerprint density at radius 2 is 2.11 bits per heavy atom. The average molecular weight is 384 g/mol. The van der Waals surface area contributed by atoms with Crippen LogP contribution in [0.2, 0.25) is 0 Å². The maximum absolute atomic E-state index is 13.1. The first-order chi connectivity index (χ1) is 13.6. The first kappa shape index (κ1) is 18.2. The van der Waals surface area contributed by atoms with Crippen molar-refractivity contribution in [2.75, 3.05) is 32.8 Å². The fourth-order valence-corrected chi connectivity index (χ4v) is 3.57. The van der Waals surface area contributed by atoms with E-state index in [1.165, 1.54) is 6.07 Å². The molecule has 4 rings (SSSR count). The van der Waals surface area contributed by atoms with Gasteiger partial charge in [-0.25, -0.2) is 0 Å². The van der Waals surface area contributed by atoms with Crippen LogP contribution in [0.4, 0.5) is 5.69 Å². The summed E-state index contributed by atoms with van der Waals surface area (Å²) in [6, 6.07) is 6.49. The largest absolute Gasteiger partial charge is 0.486 e. The molecular formula is C19H20N4O5. The van der Waals surface area contributed by atoms with Gasteiger partial charge in [-0.05, 0) is 17.7 Å². The average Bonchev–Trinajstić information content (AvgIpc) is 2.73. The van der Waals surface area contributed by atoms with Crippen LogP contribution >= 0.6 is 0 Å². The predicted molar refractivity (Wildman–Crippen MR) is 99.4 cm³/mol. The minimum absolute atomic E-state index is 0.0796. The van der Waals surface area contributed by atoms with Gasteiger partial charge in [0, 0.05) is 37.6 Å². The molecule has 9 nitrogen and oxygen atoms in total. The van der Waals surface area contributed by atoms with Crippen molar-refractivity contribution in [2.24, 2.45) is 0 Å². The number of piperazine rings is 1. The van der Waals surface area contributed by atoms with Gasteiger partial charge in [0.05, 0.1) is 23.5 Å². The van der Waals surface area contributed by atoms with Gasteiger partial charge in [-0.15, -0.1) is 0 Å². The fraction of sp³-hybridized carbons (Fsp3) is 0.368. The molecule has 1 aromatic heterocycles. The van der Waals surface area contributed by atoms with E-state index in [1.54, 1.807) is 23.4 Å². The van der Waals surface area contributed by atoms with Gasteiger partial charge in [0.15, 0.2) is 11.5 Å². The summed E-state index contributed by atoms with van der Waals surface area (Å²) in [5.74, 6) is 0.600. The highest BCUT2D eigenvalue weighted by Crippen LogP contribution is 2.37. The maximum Gasteiger partial charge on any atom is 0.277 e. The summed E-state index contributed by atoms with van der Waals surface area (Å²) in [5, 5.41) is 14.8. The lowest BCUT2D eigenvalue weighted by Gasteiger charge is -2.36. The zero-order chi connectivity index (χ0) is 19.5. The van der Waals surface area contributed by atoms with Crippen molar-refractivity contribution in [2.45, 2.75) is 12.5 Å². The molecule has 2 aliphatic heterocycles. The molecule has 1 amide bonds. The number of nitrogens with one attached hydrogen (secondary N) is 1. The molecule has 146 valence electrons. The number of benzene rings is 1.